The standard InChI is InChI=1S/C60H43NSi/c1-36-25-28-40-41-29-26-37(2)34-50(41)60(49(40)33-36)48-20-10-11-21-51(48)61(52-32-31-46-39-15-5-9-19-47(39)59(3,4)57(46)58(52)60)38-27-30-45-44-18-8-14-24-55(44)62(56(45)35-38)53-22-12-6-16-42(53)43-17-7-13-23-54(43)62/h5-35H,1-4H3. The summed E-state index contributed by atoms with van der Waals surface area (Å²) >= 11 is 0. The van der Waals surface area contributed by atoms with Crippen LogP contribution in [-0.2, 0) is 10.8 Å². The molecule has 0 saturated heterocycles. The average molecular weight is 806 g/mol. The molecule has 292 valence electrons. The van der Waals surface area contributed by atoms with Gasteiger partial charge in [-0.1, -0.05) is 189 Å². The highest BCUT2D eigenvalue weighted by Gasteiger charge is 2.57. The van der Waals surface area contributed by atoms with E-state index >= 15 is 0 Å². The lowest BCUT2D eigenvalue weighted by molar-refractivity contribution is 0.628. The lowest BCUT2D eigenvalue weighted by atomic mass is 9.60. The SMILES string of the molecule is Cc1ccc2c(c1)C1(c3cc(C)ccc3-2)c2ccccc2N(c2ccc3c(c2)[Si]2(c4ccccc4-c4ccccc42)c2ccccc2-3)c2ccc3c(c21)C(C)(C)c1ccccc1-3. The van der Waals surface area contributed by atoms with Gasteiger partial charge in [0.1, 0.15) is 0 Å². The van der Waals surface area contributed by atoms with Gasteiger partial charge in [-0.05, 0) is 131 Å². The molecule has 1 nitrogen and oxygen atoms in total. The number of para-hydroxylation sites is 1. The second-order valence-corrected chi connectivity index (χ2v) is 22.5. The van der Waals surface area contributed by atoms with Gasteiger partial charge < -0.3 is 4.90 Å². The predicted octanol–water partition coefficient (Wildman–Crippen LogP) is 12.1. The maximum Gasteiger partial charge on any atom is 0.182 e. The maximum absolute atomic E-state index is 2.68. The molecule has 0 unspecified atom stereocenters. The molecule has 2 spiro atoms. The van der Waals surface area contributed by atoms with Crippen LogP contribution in [-0.4, -0.2) is 8.07 Å². The first-order chi connectivity index (χ1) is 30.3. The molecular weight excluding hydrogens is 763 g/mol. The van der Waals surface area contributed by atoms with Crippen LogP contribution in [0.3, 0.4) is 0 Å². The Bertz CT molecular complexity index is 3380. The quantitative estimate of drug-likeness (QED) is 0.149. The summed E-state index contributed by atoms with van der Waals surface area (Å²) in [6, 6.07) is 73.3. The van der Waals surface area contributed by atoms with Crippen LogP contribution in [0.2, 0.25) is 0 Å². The topological polar surface area (TPSA) is 3.24 Å². The number of hydrogen-bond acceptors (Lipinski definition) is 1. The van der Waals surface area contributed by atoms with Crippen LogP contribution in [0.1, 0.15) is 58.4 Å². The molecular formula is C60H43NSi. The van der Waals surface area contributed by atoms with Crippen LogP contribution < -0.4 is 25.6 Å². The minimum absolute atomic E-state index is 0.243. The zero-order chi connectivity index (χ0) is 41.3. The fourth-order valence-electron chi connectivity index (χ4n) is 13.3. The van der Waals surface area contributed by atoms with Crippen molar-refractivity contribution in [3.8, 4) is 44.5 Å². The molecule has 14 rings (SSSR count). The second-order valence-electron chi connectivity index (χ2n) is 18.9. The Hall–Kier alpha value is -7.00. The molecule has 0 fully saturated rings. The Balaban J connectivity index is 1.12. The number of aryl methyl sites for hydroxylation is 2. The Morgan fingerprint density at radius 3 is 1.44 bits per heavy atom. The fraction of sp³-hybridized carbons (Fsp3) is 0.100. The van der Waals surface area contributed by atoms with Crippen LogP contribution >= 0.6 is 0 Å². The van der Waals surface area contributed by atoms with Gasteiger partial charge in [-0.2, -0.15) is 0 Å². The third-order valence-corrected chi connectivity index (χ3v) is 20.5. The van der Waals surface area contributed by atoms with Crippen LogP contribution in [0.25, 0.3) is 44.5 Å². The number of anilines is 3. The highest BCUT2D eigenvalue weighted by atomic mass is 28.3. The zero-order valence-corrected chi connectivity index (χ0v) is 36.3. The normalized spacial score (nSPS) is 16.1. The minimum Gasteiger partial charge on any atom is -0.310 e. The van der Waals surface area contributed by atoms with Crippen molar-refractivity contribution in [1.82, 2.24) is 0 Å². The Kier molecular flexibility index (Phi) is 6.53. The van der Waals surface area contributed by atoms with Crippen LogP contribution in [0.4, 0.5) is 17.1 Å². The zero-order valence-electron chi connectivity index (χ0n) is 35.3. The van der Waals surface area contributed by atoms with Gasteiger partial charge in [-0.25, -0.2) is 0 Å². The summed E-state index contributed by atoms with van der Waals surface area (Å²) in [5.74, 6) is 0. The van der Waals surface area contributed by atoms with Gasteiger partial charge in [0.15, 0.2) is 8.07 Å². The smallest absolute Gasteiger partial charge is 0.182 e. The summed E-state index contributed by atoms with van der Waals surface area (Å²) in [7, 11) is -2.68. The second kappa shape index (κ2) is 11.7. The summed E-state index contributed by atoms with van der Waals surface area (Å²) in [4.78, 5) is 2.65. The van der Waals surface area contributed by atoms with E-state index < -0.39 is 13.5 Å². The van der Waals surface area contributed by atoms with E-state index in [1.807, 2.05) is 0 Å². The molecule has 0 amide bonds. The molecule has 3 aliphatic heterocycles. The summed E-state index contributed by atoms with van der Waals surface area (Å²) in [6.45, 7) is 9.47. The lowest BCUT2D eigenvalue weighted by Crippen LogP contribution is -2.70. The van der Waals surface area contributed by atoms with Gasteiger partial charge in [0.05, 0.1) is 16.8 Å². The van der Waals surface area contributed by atoms with E-state index in [1.165, 1.54) is 127 Å². The summed E-state index contributed by atoms with van der Waals surface area (Å²) < 4.78 is 0. The molecule has 0 saturated carbocycles. The third-order valence-electron chi connectivity index (χ3n) is 15.6. The van der Waals surface area contributed by atoms with Crippen molar-refractivity contribution >= 4 is 45.9 Å². The summed E-state index contributed by atoms with van der Waals surface area (Å²) in [5.41, 5.74) is 24.8. The van der Waals surface area contributed by atoms with Crippen molar-refractivity contribution < 1.29 is 0 Å². The molecule has 9 aromatic rings. The fourth-order valence-corrected chi connectivity index (χ4v) is 18.9. The molecule has 5 aliphatic rings. The van der Waals surface area contributed by atoms with E-state index in [0.717, 1.165) is 0 Å². The van der Waals surface area contributed by atoms with E-state index in [9.17, 15) is 0 Å². The molecule has 0 N–H and O–H groups in total. The minimum atomic E-state index is -2.68. The molecule has 0 aromatic heterocycles. The molecule has 2 aliphatic carbocycles. The molecule has 62 heavy (non-hydrogen) atoms. The Morgan fingerprint density at radius 2 is 0.823 bits per heavy atom. The highest BCUT2D eigenvalue weighted by Crippen LogP contribution is 2.67. The number of nitrogens with zero attached hydrogens (tertiary/aromatic N) is 1. The van der Waals surface area contributed by atoms with Crippen molar-refractivity contribution in [2.75, 3.05) is 4.90 Å². The van der Waals surface area contributed by atoms with Crippen molar-refractivity contribution in [2.45, 2.75) is 38.5 Å². The number of fused-ring (bicyclic) bond motifs is 23. The molecule has 0 atom stereocenters. The Labute approximate surface area is 364 Å². The molecule has 0 bridgehead atoms. The van der Waals surface area contributed by atoms with Crippen molar-refractivity contribution in [2.24, 2.45) is 0 Å². The van der Waals surface area contributed by atoms with E-state index in [2.05, 4.69) is 221 Å². The highest BCUT2D eigenvalue weighted by molar-refractivity contribution is 7.24. The average Bonchev–Trinajstić information content (AvgIpc) is 3.95. The van der Waals surface area contributed by atoms with Gasteiger partial charge in [0, 0.05) is 16.7 Å². The molecule has 2 heteroatoms. The van der Waals surface area contributed by atoms with Crippen molar-refractivity contribution in [3.05, 3.63) is 233 Å². The third kappa shape index (κ3) is 3.89. The Morgan fingerprint density at radius 1 is 0.355 bits per heavy atom. The van der Waals surface area contributed by atoms with E-state index in [4.69, 9.17) is 0 Å². The van der Waals surface area contributed by atoms with Crippen molar-refractivity contribution in [1.29, 1.82) is 0 Å². The maximum atomic E-state index is 2.65. The predicted molar refractivity (Wildman–Crippen MR) is 261 cm³/mol. The van der Waals surface area contributed by atoms with Gasteiger partial charge >= 0.3 is 0 Å². The number of rotatable bonds is 1. The number of benzene rings is 9. The first-order valence-electron chi connectivity index (χ1n) is 22.2. The van der Waals surface area contributed by atoms with E-state index in [0.29, 0.717) is 0 Å². The van der Waals surface area contributed by atoms with Crippen LogP contribution in [0, 0.1) is 13.8 Å². The lowest BCUT2D eigenvalue weighted by Gasteiger charge is -2.47. The molecule has 0 radical (unpaired) electrons. The van der Waals surface area contributed by atoms with E-state index in [1.54, 1.807) is 0 Å². The monoisotopic (exact) mass is 805 g/mol. The molecule has 3 heterocycles. The summed E-state index contributed by atoms with van der Waals surface area (Å²) in [6.07, 6.45) is 0. The van der Waals surface area contributed by atoms with Crippen LogP contribution in [0.5, 0.6) is 0 Å². The van der Waals surface area contributed by atoms with Crippen LogP contribution in [0.15, 0.2) is 188 Å². The van der Waals surface area contributed by atoms with Gasteiger partial charge in [-0.3, -0.25) is 0 Å². The van der Waals surface area contributed by atoms with Gasteiger partial charge in [-0.15, -0.1) is 0 Å². The van der Waals surface area contributed by atoms with Gasteiger partial charge in [0.25, 0.3) is 0 Å². The largest absolute Gasteiger partial charge is 0.310 e. The summed E-state index contributed by atoms with van der Waals surface area (Å²) in [5, 5.41) is 6.00. The molecule has 9 aromatic carbocycles. The number of hydrogen-bond donors (Lipinski definition) is 0. The van der Waals surface area contributed by atoms with Crippen molar-refractivity contribution in [3.63, 3.8) is 0 Å². The first kappa shape index (κ1) is 34.7. The first-order valence-corrected chi connectivity index (χ1v) is 24.2. The van der Waals surface area contributed by atoms with E-state index in [-0.39, 0.29) is 5.41 Å². The van der Waals surface area contributed by atoms with Gasteiger partial charge in [0.2, 0.25) is 0 Å².